The Hall–Kier alpha value is -6.43. The highest BCUT2D eigenvalue weighted by atomic mass is 19.4. The van der Waals surface area contributed by atoms with Crippen LogP contribution in [0.2, 0.25) is 0 Å². The van der Waals surface area contributed by atoms with Crippen LogP contribution in [0.1, 0.15) is 66.9 Å². The van der Waals surface area contributed by atoms with Gasteiger partial charge in [0.15, 0.2) is 0 Å². The Morgan fingerprint density at radius 2 is 1.63 bits per heavy atom. The van der Waals surface area contributed by atoms with Gasteiger partial charge in [-0.3, -0.25) is 29.4 Å². The van der Waals surface area contributed by atoms with Gasteiger partial charge in [0.2, 0.25) is 23.7 Å². The number of amides is 4. The molecule has 328 valence electrons. The van der Waals surface area contributed by atoms with Gasteiger partial charge >= 0.3 is 6.18 Å². The van der Waals surface area contributed by atoms with Gasteiger partial charge in [-0.15, -0.1) is 0 Å². The van der Waals surface area contributed by atoms with Crippen LogP contribution in [-0.4, -0.2) is 108 Å². The maximum atomic E-state index is 14.1. The first kappa shape index (κ1) is 43.7. The molecule has 7 rings (SSSR count). The summed E-state index contributed by atoms with van der Waals surface area (Å²) in [6, 6.07) is 19.2. The minimum atomic E-state index is -4.78. The number of carbonyl (C=O) groups excluding carboxylic acids is 4. The Morgan fingerprint density at radius 1 is 0.903 bits per heavy atom. The van der Waals surface area contributed by atoms with Crippen molar-refractivity contribution in [1.29, 1.82) is 0 Å². The third kappa shape index (κ3) is 10.7. The lowest BCUT2D eigenvalue weighted by Gasteiger charge is -2.38. The summed E-state index contributed by atoms with van der Waals surface area (Å²) in [5.41, 5.74) is 2.54. The molecular weight excluding hydrogens is 806 g/mol. The number of ether oxygens (including phenoxy) is 1. The Labute approximate surface area is 357 Å². The molecule has 0 spiro atoms. The lowest BCUT2D eigenvalue weighted by atomic mass is 9.89. The first-order chi connectivity index (χ1) is 29.7. The van der Waals surface area contributed by atoms with E-state index >= 15 is 0 Å². The van der Waals surface area contributed by atoms with E-state index in [0.29, 0.717) is 69.1 Å². The molecule has 3 aromatic carbocycles. The molecule has 4 aromatic rings. The number of rotatable bonds is 13. The quantitative estimate of drug-likeness (QED) is 0.101. The van der Waals surface area contributed by atoms with Gasteiger partial charge in [0, 0.05) is 62.3 Å². The summed E-state index contributed by atoms with van der Waals surface area (Å²) in [5.74, 6) is -0.749. The second-order valence-electron chi connectivity index (χ2n) is 16.0. The number of carbonyl (C=O) groups is 4. The van der Waals surface area contributed by atoms with Crippen LogP contribution in [0.25, 0.3) is 0 Å². The topological polar surface area (TPSA) is 173 Å². The fourth-order valence-corrected chi connectivity index (χ4v) is 7.92. The van der Waals surface area contributed by atoms with E-state index in [1.54, 1.807) is 32.0 Å². The van der Waals surface area contributed by atoms with E-state index in [1.807, 2.05) is 29.2 Å². The second kappa shape index (κ2) is 19.1. The SMILES string of the molecule is COc1cc(N2CCN(C(=O)CN3CCC(c4ccc(NC5CCC(=O)NC5=O)cc4)CC3)CC2)ccc1Nc1ncc(C(F)(F)F)c(Nc2ccccc2C(=O)NC(C)C)n1. The fourth-order valence-electron chi connectivity index (χ4n) is 7.92. The summed E-state index contributed by atoms with van der Waals surface area (Å²) in [7, 11) is 1.49. The van der Waals surface area contributed by atoms with Crippen molar-refractivity contribution >= 4 is 58.1 Å². The fraction of sp³-hybridized carbons (Fsp3) is 0.409. The largest absolute Gasteiger partial charge is 0.494 e. The molecular formula is C44H51F3N10O5. The number of halogens is 3. The number of aromatic nitrogens is 2. The predicted octanol–water partition coefficient (Wildman–Crippen LogP) is 5.87. The van der Waals surface area contributed by atoms with E-state index in [2.05, 4.69) is 58.5 Å². The zero-order chi connectivity index (χ0) is 44.0. The van der Waals surface area contributed by atoms with E-state index in [-0.39, 0.29) is 41.0 Å². The first-order valence-corrected chi connectivity index (χ1v) is 20.8. The molecule has 62 heavy (non-hydrogen) atoms. The molecule has 18 heteroatoms. The van der Waals surface area contributed by atoms with Crippen LogP contribution in [0.15, 0.2) is 72.9 Å². The average molecular weight is 857 g/mol. The number of likely N-dealkylation sites (tertiary alicyclic amines) is 1. The molecule has 5 N–H and O–H groups in total. The molecule has 0 bridgehead atoms. The third-order valence-electron chi connectivity index (χ3n) is 11.3. The van der Waals surface area contributed by atoms with E-state index in [1.165, 1.54) is 24.8 Å². The van der Waals surface area contributed by atoms with E-state index < -0.39 is 29.5 Å². The number of nitrogens with zero attached hydrogens (tertiary/aromatic N) is 5. The number of hydrogen-bond donors (Lipinski definition) is 5. The van der Waals surface area contributed by atoms with Crippen LogP contribution < -0.4 is 36.2 Å². The Morgan fingerprint density at radius 3 is 2.31 bits per heavy atom. The molecule has 4 heterocycles. The standard InChI is InChI=1S/C44H51F3N10O5/c1-27(2)49-41(60)32-6-4-5-7-34(32)51-40-33(44(45,46)47)25-48-43(54-40)52-35-13-12-31(24-37(35)62-3)56-20-22-57(23-21-56)39(59)26-55-18-16-29(17-19-55)28-8-10-30(11-9-28)50-36-14-15-38(58)53-42(36)61/h4-13,24-25,27,29,36,50H,14-23,26H2,1-3H3,(H,49,60)(H,53,58,61)(H2,48,51,52,54). The maximum absolute atomic E-state index is 14.1. The number of benzene rings is 3. The van der Waals surface area contributed by atoms with E-state index in [4.69, 9.17) is 4.74 Å². The molecule has 1 aromatic heterocycles. The van der Waals surface area contributed by atoms with Crippen LogP contribution in [0.5, 0.6) is 5.75 Å². The first-order valence-electron chi connectivity index (χ1n) is 20.8. The zero-order valence-corrected chi connectivity index (χ0v) is 34.8. The summed E-state index contributed by atoms with van der Waals surface area (Å²) < 4.78 is 48.0. The Balaban J connectivity index is 0.910. The second-order valence-corrected chi connectivity index (χ2v) is 16.0. The molecule has 3 aliphatic heterocycles. The van der Waals surface area contributed by atoms with Gasteiger partial charge in [-0.2, -0.15) is 18.2 Å². The summed E-state index contributed by atoms with van der Waals surface area (Å²) in [5, 5.41) is 14.0. The van der Waals surface area contributed by atoms with Gasteiger partial charge in [0.25, 0.3) is 5.91 Å². The number of methoxy groups -OCH3 is 1. The highest BCUT2D eigenvalue weighted by Gasteiger charge is 2.36. The monoisotopic (exact) mass is 856 g/mol. The number of hydrogen-bond acceptors (Lipinski definition) is 12. The molecule has 0 radical (unpaired) electrons. The molecule has 0 aliphatic carbocycles. The summed E-state index contributed by atoms with van der Waals surface area (Å²) >= 11 is 0. The van der Waals surface area contributed by atoms with Gasteiger partial charge in [0.1, 0.15) is 23.2 Å². The number of para-hydroxylation sites is 1. The average Bonchev–Trinajstić information content (AvgIpc) is 3.25. The lowest BCUT2D eigenvalue weighted by molar-refractivity contribution is -0.137. The van der Waals surface area contributed by atoms with Crippen molar-refractivity contribution in [2.45, 2.75) is 63.7 Å². The number of anilines is 6. The smallest absolute Gasteiger partial charge is 0.421 e. The van der Waals surface area contributed by atoms with Crippen molar-refractivity contribution in [2.24, 2.45) is 0 Å². The van der Waals surface area contributed by atoms with Crippen LogP contribution in [-0.2, 0) is 20.6 Å². The van der Waals surface area contributed by atoms with Crippen molar-refractivity contribution in [3.05, 3.63) is 89.6 Å². The highest BCUT2D eigenvalue weighted by Crippen LogP contribution is 2.37. The minimum absolute atomic E-state index is 0.0943. The Kier molecular flexibility index (Phi) is 13.4. The molecule has 15 nitrogen and oxygen atoms in total. The van der Waals surface area contributed by atoms with Crippen molar-refractivity contribution in [3.8, 4) is 5.75 Å². The van der Waals surface area contributed by atoms with Crippen LogP contribution in [0.4, 0.5) is 47.7 Å². The lowest BCUT2D eigenvalue weighted by Crippen LogP contribution is -2.51. The highest BCUT2D eigenvalue weighted by molar-refractivity contribution is 6.01. The van der Waals surface area contributed by atoms with Gasteiger partial charge in [-0.05, 0) is 94.1 Å². The molecule has 1 atom stereocenters. The van der Waals surface area contributed by atoms with Gasteiger partial charge < -0.3 is 35.8 Å². The maximum Gasteiger partial charge on any atom is 0.421 e. The third-order valence-corrected chi connectivity index (χ3v) is 11.3. The van der Waals surface area contributed by atoms with Crippen molar-refractivity contribution in [3.63, 3.8) is 0 Å². The number of alkyl halides is 3. The molecule has 3 saturated heterocycles. The van der Waals surface area contributed by atoms with E-state index in [0.717, 1.165) is 37.3 Å². The normalized spacial score (nSPS) is 17.7. The van der Waals surface area contributed by atoms with Crippen molar-refractivity contribution < 1.29 is 37.1 Å². The molecule has 3 aliphatic rings. The summed E-state index contributed by atoms with van der Waals surface area (Å²) in [4.78, 5) is 64.2. The van der Waals surface area contributed by atoms with Crippen LogP contribution in [0.3, 0.4) is 0 Å². The summed E-state index contributed by atoms with van der Waals surface area (Å²) in [6.07, 6.45) is -1.43. The van der Waals surface area contributed by atoms with Crippen LogP contribution in [0, 0.1) is 0 Å². The molecule has 3 fully saturated rings. The number of piperazine rings is 1. The molecule has 0 saturated carbocycles. The zero-order valence-electron chi connectivity index (χ0n) is 34.8. The van der Waals surface area contributed by atoms with Gasteiger partial charge in [-0.25, -0.2) is 4.98 Å². The minimum Gasteiger partial charge on any atom is -0.494 e. The number of nitrogens with one attached hydrogen (secondary N) is 5. The number of imide groups is 1. The van der Waals surface area contributed by atoms with Crippen molar-refractivity contribution in [2.75, 3.05) is 73.8 Å². The molecule has 1 unspecified atom stereocenters. The number of piperidine rings is 2. The summed E-state index contributed by atoms with van der Waals surface area (Å²) in [6.45, 7) is 7.86. The van der Waals surface area contributed by atoms with Gasteiger partial charge in [-0.1, -0.05) is 24.3 Å². The molecule has 4 amide bonds. The van der Waals surface area contributed by atoms with Crippen LogP contribution >= 0.6 is 0 Å². The predicted molar refractivity (Wildman–Crippen MR) is 229 cm³/mol. The Bertz CT molecular complexity index is 2260. The van der Waals surface area contributed by atoms with E-state index in [9.17, 15) is 32.3 Å². The van der Waals surface area contributed by atoms with Gasteiger partial charge in [0.05, 0.1) is 30.6 Å². The van der Waals surface area contributed by atoms with Crippen molar-refractivity contribution in [1.82, 2.24) is 30.4 Å².